The lowest BCUT2D eigenvalue weighted by Gasteiger charge is -2.34. The number of nitrogens with zero attached hydrogens (tertiary/aromatic N) is 3. The minimum atomic E-state index is -0.678. The van der Waals surface area contributed by atoms with Crippen LogP contribution in [0.5, 0.6) is 0 Å². The van der Waals surface area contributed by atoms with Crippen molar-refractivity contribution in [2.45, 2.75) is 19.8 Å². The Bertz CT molecular complexity index is 865. The number of ether oxygens (including phenoxy) is 1. The van der Waals surface area contributed by atoms with E-state index in [2.05, 4.69) is 15.3 Å². The van der Waals surface area contributed by atoms with Gasteiger partial charge in [-0.25, -0.2) is 9.97 Å². The minimum absolute atomic E-state index is 0.0259. The molecule has 1 amide bonds. The first kappa shape index (κ1) is 18.7. The Hall–Kier alpha value is -3.07. The fourth-order valence-electron chi connectivity index (χ4n) is 3.08. The monoisotopic (exact) mass is 371 g/mol. The highest BCUT2D eigenvalue weighted by Crippen LogP contribution is 2.31. The van der Waals surface area contributed by atoms with Crippen LogP contribution < -0.4 is 11.1 Å². The molecular weight excluding hydrogens is 350 g/mol. The standard InChI is InChI=1S/C18H21N5O4/c1-12-9-15(20-11-18(17(19)24)5-7-27-8-6-18)22-16(21-12)13-3-2-4-14(10-13)23(25)26/h2-4,9-10H,5-8,11H2,1H3,(H2,19,24)(H,20,21,22). The molecule has 1 aromatic heterocycles. The van der Waals surface area contributed by atoms with Gasteiger partial charge in [-0.1, -0.05) is 12.1 Å². The Labute approximate surface area is 156 Å². The third kappa shape index (κ3) is 4.20. The lowest BCUT2D eigenvalue weighted by molar-refractivity contribution is -0.384. The summed E-state index contributed by atoms with van der Waals surface area (Å²) in [6.45, 7) is 3.14. The molecule has 1 aliphatic rings. The van der Waals surface area contributed by atoms with Crippen LogP contribution in [-0.2, 0) is 9.53 Å². The number of hydrogen-bond acceptors (Lipinski definition) is 7. The number of nitrogens with one attached hydrogen (secondary N) is 1. The van der Waals surface area contributed by atoms with E-state index in [0.29, 0.717) is 55.5 Å². The summed E-state index contributed by atoms with van der Waals surface area (Å²) in [6, 6.07) is 7.92. The maximum absolute atomic E-state index is 12.0. The maximum atomic E-state index is 12.0. The van der Waals surface area contributed by atoms with Gasteiger partial charge in [-0.2, -0.15) is 0 Å². The molecule has 2 heterocycles. The van der Waals surface area contributed by atoms with Crippen LogP contribution in [0.4, 0.5) is 11.5 Å². The summed E-state index contributed by atoms with van der Waals surface area (Å²) in [5, 5.41) is 14.2. The topological polar surface area (TPSA) is 133 Å². The SMILES string of the molecule is Cc1cc(NCC2(C(N)=O)CCOCC2)nc(-c2cccc([N+](=O)[O-])c2)n1. The van der Waals surface area contributed by atoms with E-state index in [1.807, 2.05) is 6.92 Å². The molecule has 27 heavy (non-hydrogen) atoms. The number of carbonyl (C=O) groups excluding carboxylic acids is 1. The number of aryl methyl sites for hydroxylation is 1. The zero-order chi connectivity index (χ0) is 19.4. The van der Waals surface area contributed by atoms with Crippen molar-refractivity contribution in [3.63, 3.8) is 0 Å². The Morgan fingerprint density at radius 2 is 2.07 bits per heavy atom. The van der Waals surface area contributed by atoms with E-state index in [9.17, 15) is 14.9 Å². The predicted octanol–water partition coefficient (Wildman–Crippen LogP) is 2.05. The van der Waals surface area contributed by atoms with Crippen LogP contribution in [-0.4, -0.2) is 40.6 Å². The highest BCUT2D eigenvalue weighted by molar-refractivity contribution is 5.81. The quantitative estimate of drug-likeness (QED) is 0.586. The van der Waals surface area contributed by atoms with Crippen LogP contribution in [0.25, 0.3) is 11.4 Å². The van der Waals surface area contributed by atoms with Crippen molar-refractivity contribution in [2.24, 2.45) is 11.1 Å². The van der Waals surface area contributed by atoms with E-state index in [4.69, 9.17) is 10.5 Å². The van der Waals surface area contributed by atoms with Gasteiger partial charge in [-0.15, -0.1) is 0 Å². The number of rotatable bonds is 6. The highest BCUT2D eigenvalue weighted by Gasteiger charge is 2.38. The lowest BCUT2D eigenvalue weighted by Crippen LogP contribution is -2.46. The third-order valence-electron chi connectivity index (χ3n) is 4.75. The average Bonchev–Trinajstić information content (AvgIpc) is 2.66. The van der Waals surface area contributed by atoms with E-state index in [1.54, 1.807) is 18.2 Å². The van der Waals surface area contributed by atoms with Gasteiger partial charge in [0, 0.05) is 49.2 Å². The van der Waals surface area contributed by atoms with Gasteiger partial charge >= 0.3 is 0 Å². The van der Waals surface area contributed by atoms with E-state index in [0.717, 1.165) is 0 Å². The van der Waals surface area contributed by atoms with Gasteiger partial charge in [-0.3, -0.25) is 14.9 Å². The number of primary amides is 1. The molecule has 3 N–H and O–H groups in total. The molecule has 0 unspecified atom stereocenters. The molecule has 1 aliphatic heterocycles. The smallest absolute Gasteiger partial charge is 0.270 e. The average molecular weight is 371 g/mol. The molecule has 0 atom stereocenters. The number of nitrogens with two attached hydrogens (primary N) is 1. The Kier molecular flexibility index (Phi) is 5.31. The number of benzene rings is 1. The molecule has 0 saturated carbocycles. The van der Waals surface area contributed by atoms with Crippen molar-refractivity contribution in [3.8, 4) is 11.4 Å². The van der Waals surface area contributed by atoms with Gasteiger partial charge in [0.05, 0.1) is 10.3 Å². The molecule has 142 valence electrons. The Morgan fingerprint density at radius 1 is 1.33 bits per heavy atom. The summed E-state index contributed by atoms with van der Waals surface area (Å²) < 4.78 is 5.34. The first-order valence-corrected chi connectivity index (χ1v) is 8.62. The first-order chi connectivity index (χ1) is 12.9. The molecule has 1 saturated heterocycles. The van der Waals surface area contributed by atoms with Gasteiger partial charge in [0.25, 0.3) is 5.69 Å². The summed E-state index contributed by atoms with van der Waals surface area (Å²) in [7, 11) is 0. The Balaban J connectivity index is 1.84. The molecule has 1 aromatic carbocycles. The van der Waals surface area contributed by atoms with Crippen LogP contribution in [0, 0.1) is 22.5 Å². The van der Waals surface area contributed by atoms with Crippen LogP contribution in [0.3, 0.4) is 0 Å². The summed E-state index contributed by atoms with van der Waals surface area (Å²) in [5.41, 5.74) is 6.18. The number of nitro benzene ring substituents is 1. The molecule has 2 aromatic rings. The number of non-ortho nitro benzene ring substituents is 1. The van der Waals surface area contributed by atoms with Crippen molar-refractivity contribution in [3.05, 3.63) is 46.1 Å². The second-order valence-electron chi connectivity index (χ2n) is 6.64. The second-order valence-corrected chi connectivity index (χ2v) is 6.64. The van der Waals surface area contributed by atoms with Gasteiger partial charge in [-0.05, 0) is 19.8 Å². The van der Waals surface area contributed by atoms with E-state index < -0.39 is 10.3 Å². The fraction of sp³-hybridized carbons (Fsp3) is 0.389. The number of aromatic nitrogens is 2. The first-order valence-electron chi connectivity index (χ1n) is 8.62. The maximum Gasteiger partial charge on any atom is 0.270 e. The summed E-state index contributed by atoms with van der Waals surface area (Å²) in [4.78, 5) is 31.3. The number of carbonyl (C=O) groups is 1. The summed E-state index contributed by atoms with van der Waals surface area (Å²) in [5.74, 6) is 0.556. The van der Waals surface area contributed by atoms with Crippen molar-refractivity contribution in [2.75, 3.05) is 25.1 Å². The molecule has 0 bridgehead atoms. The number of hydrogen-bond donors (Lipinski definition) is 2. The van der Waals surface area contributed by atoms with Crippen molar-refractivity contribution < 1.29 is 14.5 Å². The van der Waals surface area contributed by atoms with Crippen LogP contribution in [0.2, 0.25) is 0 Å². The molecule has 1 fully saturated rings. The largest absolute Gasteiger partial charge is 0.381 e. The molecule has 0 spiro atoms. The number of anilines is 1. The molecule has 0 radical (unpaired) electrons. The van der Waals surface area contributed by atoms with Crippen LogP contribution in [0.1, 0.15) is 18.5 Å². The van der Waals surface area contributed by atoms with Gasteiger partial charge in [0.1, 0.15) is 5.82 Å². The normalized spacial score (nSPS) is 15.9. The highest BCUT2D eigenvalue weighted by atomic mass is 16.6. The zero-order valence-corrected chi connectivity index (χ0v) is 15.0. The van der Waals surface area contributed by atoms with Gasteiger partial charge < -0.3 is 15.8 Å². The van der Waals surface area contributed by atoms with Gasteiger partial charge in [0.15, 0.2) is 5.82 Å². The van der Waals surface area contributed by atoms with E-state index in [-0.39, 0.29) is 11.6 Å². The molecule has 9 nitrogen and oxygen atoms in total. The van der Waals surface area contributed by atoms with Crippen LogP contribution in [0.15, 0.2) is 30.3 Å². The minimum Gasteiger partial charge on any atom is -0.381 e. The van der Waals surface area contributed by atoms with Crippen molar-refractivity contribution >= 4 is 17.4 Å². The molecule has 3 rings (SSSR count). The molecule has 0 aliphatic carbocycles. The number of amides is 1. The van der Waals surface area contributed by atoms with Crippen molar-refractivity contribution in [1.29, 1.82) is 0 Å². The zero-order valence-electron chi connectivity index (χ0n) is 15.0. The predicted molar refractivity (Wildman–Crippen MR) is 99.0 cm³/mol. The fourth-order valence-corrected chi connectivity index (χ4v) is 3.08. The van der Waals surface area contributed by atoms with E-state index >= 15 is 0 Å². The summed E-state index contributed by atoms with van der Waals surface area (Å²) >= 11 is 0. The third-order valence-corrected chi connectivity index (χ3v) is 4.75. The lowest BCUT2D eigenvalue weighted by atomic mass is 9.79. The van der Waals surface area contributed by atoms with E-state index in [1.165, 1.54) is 12.1 Å². The second kappa shape index (κ2) is 7.67. The van der Waals surface area contributed by atoms with Crippen LogP contribution >= 0.6 is 0 Å². The Morgan fingerprint density at radius 3 is 2.74 bits per heavy atom. The van der Waals surface area contributed by atoms with Crippen molar-refractivity contribution in [1.82, 2.24) is 9.97 Å². The summed E-state index contributed by atoms with van der Waals surface area (Å²) in [6.07, 6.45) is 1.11. The number of nitro groups is 1. The molecule has 9 heteroatoms. The molecular formula is C18H21N5O4. The van der Waals surface area contributed by atoms with Gasteiger partial charge in [0.2, 0.25) is 5.91 Å².